The highest BCUT2D eigenvalue weighted by Gasteiger charge is 2.14. The maximum absolute atomic E-state index is 6.13. The zero-order chi connectivity index (χ0) is 14.9. The van der Waals surface area contributed by atoms with Crippen LogP contribution in [0.4, 0.5) is 0 Å². The Hall–Kier alpha value is -2.44. The SMILES string of the molecule is Clc1ccccc1/C=C/c1nn2c(-c3ccco3)nnc2s1. The molecule has 3 aromatic heterocycles. The average Bonchev–Trinajstić information content (AvgIpc) is 3.22. The maximum atomic E-state index is 6.13. The summed E-state index contributed by atoms with van der Waals surface area (Å²) in [7, 11) is 0. The Morgan fingerprint density at radius 1 is 1.09 bits per heavy atom. The number of nitrogens with zero attached hydrogens (tertiary/aromatic N) is 4. The predicted molar refractivity (Wildman–Crippen MR) is 86.7 cm³/mol. The number of benzene rings is 1. The molecule has 0 unspecified atom stereocenters. The Labute approximate surface area is 134 Å². The monoisotopic (exact) mass is 328 g/mol. The van der Waals surface area contributed by atoms with E-state index in [9.17, 15) is 0 Å². The Balaban J connectivity index is 1.71. The summed E-state index contributed by atoms with van der Waals surface area (Å²) in [6.45, 7) is 0. The molecule has 5 nitrogen and oxygen atoms in total. The lowest BCUT2D eigenvalue weighted by molar-refractivity contribution is 0.575. The molecule has 0 aliphatic carbocycles. The fourth-order valence-electron chi connectivity index (χ4n) is 2.03. The minimum Gasteiger partial charge on any atom is -0.461 e. The molecule has 22 heavy (non-hydrogen) atoms. The molecular formula is C15H9ClN4OS. The molecule has 0 aliphatic rings. The van der Waals surface area contributed by atoms with E-state index in [1.54, 1.807) is 16.8 Å². The van der Waals surface area contributed by atoms with Crippen LogP contribution in [0.5, 0.6) is 0 Å². The number of aromatic nitrogens is 4. The molecule has 7 heteroatoms. The number of furan rings is 1. The van der Waals surface area contributed by atoms with Gasteiger partial charge in [-0.05, 0) is 29.8 Å². The van der Waals surface area contributed by atoms with Crippen LogP contribution in [0.15, 0.2) is 47.1 Å². The summed E-state index contributed by atoms with van der Waals surface area (Å²) in [5, 5.41) is 14.2. The molecule has 4 aromatic rings. The van der Waals surface area contributed by atoms with Crippen LogP contribution in [0.2, 0.25) is 5.02 Å². The van der Waals surface area contributed by atoms with E-state index < -0.39 is 0 Å². The van der Waals surface area contributed by atoms with Gasteiger partial charge in [0.1, 0.15) is 5.01 Å². The molecule has 3 heterocycles. The van der Waals surface area contributed by atoms with Crippen LogP contribution in [0.25, 0.3) is 28.7 Å². The van der Waals surface area contributed by atoms with Crippen LogP contribution in [0.1, 0.15) is 10.6 Å². The van der Waals surface area contributed by atoms with Gasteiger partial charge in [0.2, 0.25) is 10.8 Å². The van der Waals surface area contributed by atoms with E-state index in [0.717, 1.165) is 10.6 Å². The van der Waals surface area contributed by atoms with Crippen LogP contribution >= 0.6 is 22.9 Å². The first-order valence-corrected chi connectivity index (χ1v) is 7.69. The number of hydrogen-bond donors (Lipinski definition) is 0. The summed E-state index contributed by atoms with van der Waals surface area (Å²) in [5.41, 5.74) is 0.946. The van der Waals surface area contributed by atoms with Gasteiger partial charge in [0.15, 0.2) is 5.76 Å². The predicted octanol–water partition coefficient (Wildman–Crippen LogP) is 4.27. The molecule has 0 amide bonds. The first kappa shape index (κ1) is 13.2. The summed E-state index contributed by atoms with van der Waals surface area (Å²) in [6.07, 6.45) is 5.44. The fourth-order valence-corrected chi connectivity index (χ4v) is 2.97. The molecule has 0 radical (unpaired) electrons. The second-order valence-electron chi connectivity index (χ2n) is 4.49. The molecule has 4 rings (SSSR count). The van der Waals surface area contributed by atoms with Crippen molar-refractivity contribution in [2.45, 2.75) is 0 Å². The largest absolute Gasteiger partial charge is 0.461 e. The van der Waals surface area contributed by atoms with Crippen LogP contribution < -0.4 is 0 Å². The second kappa shape index (κ2) is 5.40. The summed E-state index contributed by atoms with van der Waals surface area (Å²) in [6, 6.07) is 11.3. The van der Waals surface area contributed by atoms with Gasteiger partial charge in [-0.15, -0.1) is 10.2 Å². The normalized spacial score (nSPS) is 11.7. The third-order valence-corrected chi connectivity index (χ3v) is 4.27. The van der Waals surface area contributed by atoms with E-state index in [4.69, 9.17) is 16.0 Å². The molecule has 108 valence electrons. The smallest absolute Gasteiger partial charge is 0.235 e. The number of hydrogen-bond acceptors (Lipinski definition) is 5. The van der Waals surface area contributed by atoms with Crippen molar-refractivity contribution in [3.63, 3.8) is 0 Å². The third-order valence-electron chi connectivity index (χ3n) is 3.06. The highest BCUT2D eigenvalue weighted by molar-refractivity contribution is 7.17. The Bertz CT molecular complexity index is 955. The number of fused-ring (bicyclic) bond motifs is 1. The van der Waals surface area contributed by atoms with Gasteiger partial charge in [-0.25, -0.2) is 0 Å². The van der Waals surface area contributed by atoms with Crippen molar-refractivity contribution in [3.8, 4) is 11.6 Å². The van der Waals surface area contributed by atoms with Crippen LogP contribution in [0, 0.1) is 0 Å². The highest BCUT2D eigenvalue weighted by Crippen LogP contribution is 2.23. The maximum Gasteiger partial charge on any atom is 0.235 e. The zero-order valence-corrected chi connectivity index (χ0v) is 12.8. The van der Waals surface area contributed by atoms with E-state index >= 15 is 0 Å². The Morgan fingerprint density at radius 3 is 2.82 bits per heavy atom. The van der Waals surface area contributed by atoms with E-state index in [1.165, 1.54) is 11.3 Å². The van der Waals surface area contributed by atoms with Gasteiger partial charge < -0.3 is 4.42 Å². The fraction of sp³-hybridized carbons (Fsp3) is 0. The van der Waals surface area contributed by atoms with E-state index in [2.05, 4.69) is 15.3 Å². The molecule has 0 fully saturated rings. The molecule has 0 N–H and O–H groups in total. The van der Waals surface area contributed by atoms with Gasteiger partial charge in [-0.3, -0.25) is 0 Å². The van der Waals surface area contributed by atoms with Crippen LogP contribution in [-0.2, 0) is 0 Å². The number of halogens is 1. The molecule has 1 aromatic carbocycles. The molecule has 0 atom stereocenters. The lowest BCUT2D eigenvalue weighted by Gasteiger charge is -1.95. The first-order valence-electron chi connectivity index (χ1n) is 6.50. The van der Waals surface area contributed by atoms with E-state index in [1.807, 2.05) is 42.5 Å². The van der Waals surface area contributed by atoms with Gasteiger partial charge in [-0.2, -0.15) is 9.61 Å². The van der Waals surface area contributed by atoms with Crippen molar-refractivity contribution in [1.29, 1.82) is 0 Å². The van der Waals surface area contributed by atoms with Crippen molar-refractivity contribution < 1.29 is 4.42 Å². The summed E-state index contributed by atoms with van der Waals surface area (Å²) in [4.78, 5) is 0.713. The van der Waals surface area contributed by atoms with Gasteiger partial charge in [0, 0.05) is 5.02 Å². The van der Waals surface area contributed by atoms with Crippen molar-refractivity contribution >= 4 is 40.1 Å². The van der Waals surface area contributed by atoms with E-state index in [0.29, 0.717) is 21.6 Å². The van der Waals surface area contributed by atoms with Gasteiger partial charge in [0.05, 0.1) is 6.26 Å². The quantitative estimate of drug-likeness (QED) is 0.563. The van der Waals surface area contributed by atoms with Crippen molar-refractivity contribution in [1.82, 2.24) is 19.8 Å². The third kappa shape index (κ3) is 2.32. The van der Waals surface area contributed by atoms with Crippen molar-refractivity contribution in [2.24, 2.45) is 0 Å². The van der Waals surface area contributed by atoms with Gasteiger partial charge in [-0.1, -0.05) is 47.2 Å². The molecule has 0 spiro atoms. The Kier molecular flexibility index (Phi) is 3.25. The van der Waals surface area contributed by atoms with Crippen molar-refractivity contribution in [2.75, 3.05) is 0 Å². The topological polar surface area (TPSA) is 56.2 Å². The standard InChI is InChI=1S/C15H9ClN4OS/c16-11-5-2-1-4-10(11)7-8-13-19-20-14(12-6-3-9-21-12)17-18-15(20)22-13/h1-9H/b8-7+. The minimum absolute atomic E-state index is 0.591. The summed E-state index contributed by atoms with van der Waals surface area (Å²) >= 11 is 7.58. The van der Waals surface area contributed by atoms with Crippen LogP contribution in [-0.4, -0.2) is 19.8 Å². The van der Waals surface area contributed by atoms with Crippen molar-refractivity contribution in [3.05, 3.63) is 58.3 Å². The highest BCUT2D eigenvalue weighted by atomic mass is 35.5. The number of rotatable bonds is 3. The van der Waals surface area contributed by atoms with Gasteiger partial charge >= 0.3 is 0 Å². The summed E-state index contributed by atoms with van der Waals surface area (Å²) < 4.78 is 7.02. The molecule has 0 aliphatic heterocycles. The molecule has 0 bridgehead atoms. The molecule has 0 saturated carbocycles. The zero-order valence-electron chi connectivity index (χ0n) is 11.2. The summed E-state index contributed by atoms with van der Waals surface area (Å²) in [5.74, 6) is 1.23. The van der Waals surface area contributed by atoms with Crippen LogP contribution in [0.3, 0.4) is 0 Å². The molecule has 0 saturated heterocycles. The minimum atomic E-state index is 0.591. The average molecular weight is 329 g/mol. The van der Waals surface area contributed by atoms with E-state index in [-0.39, 0.29) is 0 Å². The first-order chi connectivity index (χ1) is 10.8. The lowest BCUT2D eigenvalue weighted by Crippen LogP contribution is -1.89. The Morgan fingerprint density at radius 2 is 2.00 bits per heavy atom. The molecular weight excluding hydrogens is 320 g/mol. The second-order valence-corrected chi connectivity index (χ2v) is 5.89. The lowest BCUT2D eigenvalue weighted by atomic mass is 10.2. The van der Waals surface area contributed by atoms with Gasteiger partial charge in [0.25, 0.3) is 0 Å².